The Hall–Kier alpha value is -2.31. The maximum absolute atomic E-state index is 12.7. The highest BCUT2D eigenvalue weighted by Gasteiger charge is 2.17. The molecule has 0 spiro atoms. The van der Waals surface area contributed by atoms with Gasteiger partial charge < -0.3 is 5.32 Å². The maximum Gasteiger partial charge on any atom is 0.234 e. The Balaban J connectivity index is 1.75. The molecule has 3 rings (SSSR count). The average Bonchev–Trinajstić information content (AvgIpc) is 3.15. The van der Waals surface area contributed by atoms with Gasteiger partial charge in [0.1, 0.15) is 6.33 Å². The second-order valence-corrected chi connectivity index (χ2v) is 8.80. The Bertz CT molecular complexity index is 974. The van der Waals surface area contributed by atoms with Crippen molar-refractivity contribution in [3.8, 4) is 5.69 Å². The monoisotopic (exact) mass is 428 g/mol. The molecule has 0 bridgehead atoms. The highest BCUT2D eigenvalue weighted by Crippen LogP contribution is 2.32. The molecule has 1 N–H and O–H groups in total. The van der Waals surface area contributed by atoms with Crippen molar-refractivity contribution in [2.45, 2.75) is 44.7 Å². The van der Waals surface area contributed by atoms with Crippen molar-refractivity contribution in [2.24, 2.45) is 0 Å². The highest BCUT2D eigenvalue weighted by molar-refractivity contribution is 7.99. The van der Waals surface area contributed by atoms with Crippen LogP contribution in [0.1, 0.15) is 50.7 Å². The van der Waals surface area contributed by atoms with E-state index in [1.165, 1.54) is 11.8 Å². The smallest absolute Gasteiger partial charge is 0.234 e. The summed E-state index contributed by atoms with van der Waals surface area (Å²) in [6.07, 6.45) is 1.62. The van der Waals surface area contributed by atoms with Crippen molar-refractivity contribution in [2.75, 3.05) is 11.1 Å². The molecule has 152 valence electrons. The SMILES string of the molecule is CC(C)c1cccc(C(C)C)c1NC(=O)CSc1nncn1-c1cccc(Cl)c1. The van der Waals surface area contributed by atoms with Gasteiger partial charge in [0, 0.05) is 10.7 Å². The summed E-state index contributed by atoms with van der Waals surface area (Å²) in [6.45, 7) is 8.54. The van der Waals surface area contributed by atoms with Gasteiger partial charge in [-0.2, -0.15) is 0 Å². The van der Waals surface area contributed by atoms with Crippen LogP contribution in [0.15, 0.2) is 53.9 Å². The topological polar surface area (TPSA) is 59.8 Å². The Morgan fingerprint density at radius 3 is 2.38 bits per heavy atom. The fraction of sp³-hybridized carbons (Fsp3) is 0.318. The van der Waals surface area contributed by atoms with Crippen LogP contribution in [0.5, 0.6) is 0 Å². The normalized spacial score (nSPS) is 11.3. The van der Waals surface area contributed by atoms with E-state index in [2.05, 4.69) is 61.4 Å². The molecule has 7 heteroatoms. The van der Waals surface area contributed by atoms with Gasteiger partial charge in [-0.1, -0.05) is 75.3 Å². The Morgan fingerprint density at radius 2 is 1.76 bits per heavy atom. The van der Waals surface area contributed by atoms with Gasteiger partial charge in [0.25, 0.3) is 0 Å². The van der Waals surface area contributed by atoms with Gasteiger partial charge in [-0.15, -0.1) is 10.2 Å². The maximum atomic E-state index is 12.7. The number of carbonyl (C=O) groups excluding carboxylic acids is 1. The number of aromatic nitrogens is 3. The lowest BCUT2D eigenvalue weighted by atomic mass is 9.92. The lowest BCUT2D eigenvalue weighted by molar-refractivity contribution is -0.113. The van der Waals surface area contributed by atoms with Gasteiger partial charge in [-0.25, -0.2) is 0 Å². The molecular formula is C22H25ClN4OS. The minimum atomic E-state index is -0.0642. The van der Waals surface area contributed by atoms with Crippen molar-refractivity contribution in [1.82, 2.24) is 14.8 Å². The van der Waals surface area contributed by atoms with E-state index >= 15 is 0 Å². The molecule has 3 aromatic rings. The number of thioether (sulfide) groups is 1. The molecule has 0 saturated carbocycles. The minimum absolute atomic E-state index is 0.0642. The number of halogens is 1. The summed E-state index contributed by atoms with van der Waals surface area (Å²) >= 11 is 7.43. The van der Waals surface area contributed by atoms with E-state index in [1.807, 2.05) is 28.8 Å². The number of hydrogen-bond acceptors (Lipinski definition) is 4. The number of nitrogens with zero attached hydrogens (tertiary/aromatic N) is 3. The van der Waals surface area contributed by atoms with E-state index in [0.717, 1.165) is 22.5 Å². The van der Waals surface area contributed by atoms with Crippen LogP contribution >= 0.6 is 23.4 Å². The number of carbonyl (C=O) groups is 1. The number of nitrogens with one attached hydrogen (secondary N) is 1. The van der Waals surface area contributed by atoms with E-state index in [-0.39, 0.29) is 11.7 Å². The summed E-state index contributed by atoms with van der Waals surface area (Å²) in [5.74, 6) is 0.819. The van der Waals surface area contributed by atoms with Crippen LogP contribution < -0.4 is 5.32 Å². The number of para-hydroxylation sites is 1. The molecular weight excluding hydrogens is 404 g/mol. The molecule has 0 unspecified atom stereocenters. The highest BCUT2D eigenvalue weighted by atomic mass is 35.5. The van der Waals surface area contributed by atoms with Crippen LogP contribution in [-0.2, 0) is 4.79 Å². The van der Waals surface area contributed by atoms with Gasteiger partial charge in [-0.05, 0) is 41.2 Å². The Morgan fingerprint density at radius 1 is 1.10 bits per heavy atom. The zero-order chi connectivity index (χ0) is 21.0. The largest absolute Gasteiger partial charge is 0.325 e. The standard InChI is InChI=1S/C22H25ClN4OS/c1-14(2)18-9-6-10-19(15(3)4)21(18)25-20(28)12-29-22-26-24-13-27(22)17-8-5-7-16(23)11-17/h5-11,13-15H,12H2,1-4H3,(H,25,28). The third-order valence-corrected chi connectivity index (χ3v) is 5.75. The molecule has 2 aromatic carbocycles. The van der Waals surface area contributed by atoms with E-state index in [1.54, 1.807) is 6.33 Å². The van der Waals surface area contributed by atoms with Crippen LogP contribution in [-0.4, -0.2) is 26.4 Å². The molecule has 0 atom stereocenters. The molecule has 1 amide bonds. The quantitative estimate of drug-likeness (QED) is 0.476. The van der Waals surface area contributed by atoms with E-state index < -0.39 is 0 Å². The van der Waals surface area contributed by atoms with Gasteiger partial charge in [0.2, 0.25) is 5.91 Å². The summed E-state index contributed by atoms with van der Waals surface area (Å²) in [5.41, 5.74) is 4.09. The van der Waals surface area contributed by atoms with Crippen molar-refractivity contribution in [3.05, 3.63) is 64.9 Å². The van der Waals surface area contributed by atoms with Crippen LogP contribution in [0.25, 0.3) is 5.69 Å². The number of anilines is 1. The summed E-state index contributed by atoms with van der Waals surface area (Å²) in [4.78, 5) is 12.7. The zero-order valence-corrected chi connectivity index (χ0v) is 18.6. The van der Waals surface area contributed by atoms with Gasteiger partial charge in [0.15, 0.2) is 5.16 Å². The predicted octanol–water partition coefficient (Wildman–Crippen LogP) is 5.90. The number of rotatable bonds is 7. The number of benzene rings is 2. The van der Waals surface area contributed by atoms with Gasteiger partial charge in [0.05, 0.1) is 11.4 Å². The zero-order valence-electron chi connectivity index (χ0n) is 17.0. The summed E-state index contributed by atoms with van der Waals surface area (Å²) < 4.78 is 1.82. The Kier molecular flexibility index (Phi) is 6.98. The molecule has 29 heavy (non-hydrogen) atoms. The molecule has 0 fully saturated rings. The molecule has 1 aromatic heterocycles. The minimum Gasteiger partial charge on any atom is -0.325 e. The molecule has 0 saturated heterocycles. The van der Waals surface area contributed by atoms with Crippen LogP contribution in [0, 0.1) is 0 Å². The molecule has 0 aliphatic rings. The number of amides is 1. The summed E-state index contributed by atoms with van der Waals surface area (Å²) in [7, 11) is 0. The first-order valence-corrected chi connectivity index (χ1v) is 10.9. The van der Waals surface area contributed by atoms with Gasteiger partial charge in [-0.3, -0.25) is 9.36 Å². The fourth-order valence-electron chi connectivity index (χ4n) is 3.13. The third-order valence-electron chi connectivity index (χ3n) is 4.57. The second-order valence-electron chi connectivity index (χ2n) is 7.42. The van der Waals surface area contributed by atoms with E-state index in [9.17, 15) is 4.79 Å². The van der Waals surface area contributed by atoms with Crippen LogP contribution in [0.2, 0.25) is 5.02 Å². The lowest BCUT2D eigenvalue weighted by Gasteiger charge is -2.20. The predicted molar refractivity (Wildman–Crippen MR) is 120 cm³/mol. The van der Waals surface area contributed by atoms with Crippen molar-refractivity contribution in [3.63, 3.8) is 0 Å². The van der Waals surface area contributed by atoms with Crippen molar-refractivity contribution >= 4 is 35.0 Å². The Labute approximate surface area is 180 Å². The molecule has 0 radical (unpaired) electrons. The van der Waals surface area contributed by atoms with Gasteiger partial charge >= 0.3 is 0 Å². The van der Waals surface area contributed by atoms with Crippen molar-refractivity contribution < 1.29 is 4.79 Å². The lowest BCUT2D eigenvalue weighted by Crippen LogP contribution is -2.18. The first-order chi connectivity index (χ1) is 13.9. The molecule has 0 aliphatic carbocycles. The van der Waals surface area contributed by atoms with Crippen LogP contribution in [0.3, 0.4) is 0 Å². The first kappa shape index (κ1) is 21.4. The number of hydrogen-bond donors (Lipinski definition) is 1. The first-order valence-electron chi connectivity index (χ1n) is 9.58. The third kappa shape index (κ3) is 5.19. The average molecular weight is 429 g/mol. The molecule has 0 aliphatic heterocycles. The van der Waals surface area contributed by atoms with Crippen LogP contribution in [0.4, 0.5) is 5.69 Å². The van der Waals surface area contributed by atoms with Crippen molar-refractivity contribution in [1.29, 1.82) is 0 Å². The second kappa shape index (κ2) is 9.46. The summed E-state index contributed by atoms with van der Waals surface area (Å²) in [6, 6.07) is 13.7. The molecule has 1 heterocycles. The fourth-order valence-corrected chi connectivity index (χ4v) is 4.04. The van der Waals surface area contributed by atoms with E-state index in [4.69, 9.17) is 11.6 Å². The summed E-state index contributed by atoms with van der Waals surface area (Å²) in [5, 5.41) is 12.5. The molecule has 5 nitrogen and oxygen atoms in total. The van der Waals surface area contributed by atoms with E-state index in [0.29, 0.717) is 22.0 Å².